The molecular weight excluding hydrogens is 330 g/mol. The Morgan fingerprint density at radius 3 is 2.68 bits per heavy atom. The van der Waals surface area contributed by atoms with E-state index in [1.807, 2.05) is 48.2 Å². The van der Waals surface area contributed by atoms with E-state index in [-0.39, 0.29) is 0 Å². The second-order valence-corrected chi connectivity index (χ2v) is 6.35. The number of hydrogen-bond acceptors (Lipinski definition) is 4. The van der Waals surface area contributed by atoms with E-state index in [2.05, 4.69) is 38.1 Å². The van der Waals surface area contributed by atoms with Crippen LogP contribution in [0.1, 0.15) is 5.69 Å². The molecule has 4 rings (SSSR count). The molecule has 0 atom stereocenters. The molecule has 0 N–H and O–H groups in total. The second kappa shape index (κ2) is 6.91. The van der Waals surface area contributed by atoms with Crippen molar-refractivity contribution < 1.29 is 4.74 Å². The molecule has 0 amide bonds. The molecule has 0 fully saturated rings. The lowest BCUT2D eigenvalue weighted by Crippen LogP contribution is -2.02. The summed E-state index contributed by atoms with van der Waals surface area (Å²) in [5, 5.41) is 2.06. The molecule has 0 saturated carbocycles. The zero-order valence-corrected chi connectivity index (χ0v) is 14.6. The lowest BCUT2D eigenvalue weighted by molar-refractivity contribution is 0.415. The quantitative estimate of drug-likeness (QED) is 0.524. The lowest BCUT2D eigenvalue weighted by Gasteiger charge is -2.13. The molecular formula is C20H17N3OS. The van der Waals surface area contributed by atoms with Crippen molar-refractivity contribution in [3.05, 3.63) is 77.5 Å². The number of methoxy groups -OCH3 is 1. The number of thiazole rings is 1. The Morgan fingerprint density at radius 2 is 1.92 bits per heavy atom. The molecule has 2 aromatic heterocycles. The van der Waals surface area contributed by atoms with Gasteiger partial charge in [-0.15, -0.1) is 11.3 Å². The van der Waals surface area contributed by atoms with Gasteiger partial charge in [0.25, 0.3) is 0 Å². The molecule has 4 aromatic rings. The van der Waals surface area contributed by atoms with Crippen molar-refractivity contribution in [3.63, 3.8) is 0 Å². The maximum absolute atomic E-state index is 5.44. The highest BCUT2D eigenvalue weighted by molar-refractivity contribution is 7.07. The van der Waals surface area contributed by atoms with Crippen molar-refractivity contribution in [1.29, 1.82) is 0 Å². The van der Waals surface area contributed by atoms with Crippen molar-refractivity contribution in [2.24, 2.45) is 0 Å². The third-order valence-corrected chi connectivity index (χ3v) is 4.72. The minimum atomic E-state index is 0.699. The van der Waals surface area contributed by atoms with Crippen LogP contribution in [-0.2, 0) is 6.54 Å². The summed E-state index contributed by atoms with van der Waals surface area (Å²) >= 11 is 1.60. The molecule has 0 unspecified atom stereocenters. The molecule has 124 valence electrons. The number of benzene rings is 2. The minimum Gasteiger partial charge on any atom is -0.497 e. The van der Waals surface area contributed by atoms with Crippen LogP contribution in [0, 0.1) is 0 Å². The molecule has 2 heterocycles. The van der Waals surface area contributed by atoms with Crippen molar-refractivity contribution in [3.8, 4) is 28.3 Å². The molecule has 0 aliphatic carbocycles. The smallest absolute Gasteiger partial charge is 0.141 e. The first-order chi connectivity index (χ1) is 12.3. The number of imidazole rings is 1. The Balaban J connectivity index is 1.83. The molecule has 0 radical (unpaired) electrons. The standard InChI is InChI=1S/C20H17N3OS/c1-24-17-7-8-18(15-5-3-2-4-6-15)19(11-17)20-21-9-10-23(20)12-16-13-25-14-22-16/h2-11,13-14H,12H2,1H3. The van der Waals surface area contributed by atoms with E-state index >= 15 is 0 Å². The van der Waals surface area contributed by atoms with E-state index in [0.717, 1.165) is 34.0 Å². The molecule has 4 nitrogen and oxygen atoms in total. The van der Waals surface area contributed by atoms with Gasteiger partial charge in [0.15, 0.2) is 0 Å². The van der Waals surface area contributed by atoms with Crippen LogP contribution in [0.4, 0.5) is 0 Å². The number of ether oxygens (including phenoxy) is 1. The summed E-state index contributed by atoms with van der Waals surface area (Å²) in [4.78, 5) is 9.00. The van der Waals surface area contributed by atoms with E-state index in [1.165, 1.54) is 0 Å². The van der Waals surface area contributed by atoms with Gasteiger partial charge >= 0.3 is 0 Å². The topological polar surface area (TPSA) is 39.9 Å². The first-order valence-corrected chi connectivity index (χ1v) is 8.91. The van der Waals surface area contributed by atoms with Crippen molar-refractivity contribution in [1.82, 2.24) is 14.5 Å². The number of aromatic nitrogens is 3. The zero-order valence-electron chi connectivity index (χ0n) is 13.8. The first kappa shape index (κ1) is 15.6. The molecule has 0 aliphatic rings. The molecule has 0 spiro atoms. The van der Waals surface area contributed by atoms with Gasteiger partial charge in [-0.3, -0.25) is 0 Å². The number of hydrogen-bond donors (Lipinski definition) is 0. The van der Waals surface area contributed by atoms with Gasteiger partial charge in [0.2, 0.25) is 0 Å². The summed E-state index contributed by atoms with van der Waals surface area (Å²) in [6, 6.07) is 16.5. The average Bonchev–Trinajstić information content (AvgIpc) is 3.34. The minimum absolute atomic E-state index is 0.699. The summed E-state index contributed by atoms with van der Waals surface area (Å²) in [5.41, 5.74) is 6.22. The Kier molecular flexibility index (Phi) is 4.31. The van der Waals surface area contributed by atoms with E-state index in [4.69, 9.17) is 4.74 Å². The lowest BCUT2D eigenvalue weighted by atomic mass is 9.99. The molecule has 0 bridgehead atoms. The SMILES string of the molecule is COc1ccc(-c2ccccc2)c(-c2nccn2Cc2cscn2)c1. The highest BCUT2D eigenvalue weighted by atomic mass is 32.1. The maximum atomic E-state index is 5.44. The van der Waals surface area contributed by atoms with E-state index in [9.17, 15) is 0 Å². The van der Waals surface area contributed by atoms with Crippen molar-refractivity contribution >= 4 is 11.3 Å². The molecule has 0 saturated heterocycles. The Bertz CT molecular complexity index is 962. The van der Waals surface area contributed by atoms with Gasteiger partial charge < -0.3 is 9.30 Å². The number of nitrogens with zero attached hydrogens (tertiary/aromatic N) is 3. The normalized spacial score (nSPS) is 10.8. The van der Waals surface area contributed by atoms with Crippen molar-refractivity contribution in [2.45, 2.75) is 6.54 Å². The van der Waals surface area contributed by atoms with E-state index in [0.29, 0.717) is 6.54 Å². The summed E-state index contributed by atoms with van der Waals surface area (Å²) in [6.45, 7) is 0.699. The summed E-state index contributed by atoms with van der Waals surface area (Å²) in [7, 11) is 1.68. The second-order valence-electron chi connectivity index (χ2n) is 5.64. The van der Waals surface area contributed by atoms with Crippen LogP contribution in [0.2, 0.25) is 0 Å². The van der Waals surface area contributed by atoms with Crippen LogP contribution >= 0.6 is 11.3 Å². The van der Waals surface area contributed by atoms with E-state index in [1.54, 1.807) is 18.4 Å². The Labute approximate surface area is 150 Å². The largest absolute Gasteiger partial charge is 0.497 e. The highest BCUT2D eigenvalue weighted by Crippen LogP contribution is 2.34. The zero-order chi connectivity index (χ0) is 17.1. The molecule has 2 aromatic carbocycles. The van der Waals surface area contributed by atoms with E-state index < -0.39 is 0 Å². The summed E-state index contributed by atoms with van der Waals surface area (Å²) in [5.74, 6) is 1.73. The summed E-state index contributed by atoms with van der Waals surface area (Å²) in [6.07, 6.45) is 3.82. The van der Waals surface area contributed by atoms with Gasteiger partial charge in [-0.2, -0.15) is 0 Å². The monoisotopic (exact) mass is 347 g/mol. The van der Waals surface area contributed by atoms with Crippen LogP contribution in [0.25, 0.3) is 22.5 Å². The average molecular weight is 347 g/mol. The van der Waals surface area contributed by atoms with Crippen molar-refractivity contribution in [2.75, 3.05) is 7.11 Å². The Hall–Kier alpha value is -2.92. The fraction of sp³-hybridized carbons (Fsp3) is 0.100. The third kappa shape index (κ3) is 3.19. The molecule has 5 heteroatoms. The molecule has 25 heavy (non-hydrogen) atoms. The van der Waals surface area contributed by atoms with Crippen LogP contribution in [-0.4, -0.2) is 21.6 Å². The predicted octanol–water partition coefficient (Wildman–Crippen LogP) is 4.73. The van der Waals surface area contributed by atoms with Gasteiger partial charge in [0.05, 0.1) is 24.9 Å². The highest BCUT2D eigenvalue weighted by Gasteiger charge is 2.14. The van der Waals surface area contributed by atoms with Gasteiger partial charge in [-0.05, 0) is 29.3 Å². The summed E-state index contributed by atoms with van der Waals surface area (Å²) < 4.78 is 7.56. The van der Waals surface area contributed by atoms with Gasteiger partial charge in [0, 0.05) is 23.3 Å². The third-order valence-electron chi connectivity index (χ3n) is 4.08. The van der Waals surface area contributed by atoms with Crippen LogP contribution in [0.3, 0.4) is 0 Å². The van der Waals surface area contributed by atoms with Gasteiger partial charge in [-0.25, -0.2) is 9.97 Å². The Morgan fingerprint density at radius 1 is 1.04 bits per heavy atom. The van der Waals surface area contributed by atoms with Crippen LogP contribution < -0.4 is 4.74 Å². The number of rotatable bonds is 5. The maximum Gasteiger partial charge on any atom is 0.141 e. The van der Waals surface area contributed by atoms with Crippen LogP contribution in [0.15, 0.2) is 71.8 Å². The van der Waals surface area contributed by atoms with Gasteiger partial charge in [0.1, 0.15) is 11.6 Å². The van der Waals surface area contributed by atoms with Gasteiger partial charge in [-0.1, -0.05) is 30.3 Å². The first-order valence-electron chi connectivity index (χ1n) is 7.97. The predicted molar refractivity (Wildman–Crippen MR) is 101 cm³/mol. The fourth-order valence-corrected chi connectivity index (χ4v) is 3.43. The molecule has 0 aliphatic heterocycles. The fourth-order valence-electron chi connectivity index (χ4n) is 2.88. The van der Waals surface area contributed by atoms with Crippen LogP contribution in [0.5, 0.6) is 5.75 Å².